The number of hydrogen-bond acceptors (Lipinski definition) is 7. The largest absolute Gasteiger partial charge is 0.495 e. The number of ketones is 2. The number of hydrogen-bond donors (Lipinski definition) is 2. The first-order valence-electron chi connectivity index (χ1n) is 12.6. The Morgan fingerprint density at radius 1 is 0.947 bits per heavy atom. The Morgan fingerprint density at radius 3 is 2.21 bits per heavy atom. The van der Waals surface area contributed by atoms with Crippen LogP contribution in [0.3, 0.4) is 0 Å². The molecule has 1 heterocycles. The van der Waals surface area contributed by atoms with Crippen LogP contribution in [0, 0.1) is 0 Å². The van der Waals surface area contributed by atoms with Crippen molar-refractivity contribution in [3.8, 4) is 17.2 Å². The number of Topliss-reactive ketones (excluding diaryl/α,β-unsaturated/α-hetero) is 2. The van der Waals surface area contributed by atoms with Crippen LogP contribution in [0.4, 0.5) is 5.69 Å². The first kappa shape index (κ1) is 25.9. The van der Waals surface area contributed by atoms with E-state index in [0.29, 0.717) is 46.7 Å². The van der Waals surface area contributed by atoms with Gasteiger partial charge in [-0.15, -0.1) is 0 Å². The summed E-state index contributed by atoms with van der Waals surface area (Å²) in [5.41, 5.74) is 4.25. The minimum Gasteiger partial charge on any atom is -0.495 e. The van der Waals surface area contributed by atoms with Crippen LogP contribution in [-0.2, 0) is 14.4 Å². The van der Waals surface area contributed by atoms with Gasteiger partial charge in [-0.25, -0.2) is 0 Å². The molecule has 3 aliphatic rings. The predicted molar refractivity (Wildman–Crippen MR) is 143 cm³/mol. The lowest BCUT2D eigenvalue weighted by Gasteiger charge is -2.37. The fourth-order valence-electron chi connectivity index (χ4n) is 5.44. The minimum absolute atomic E-state index is 0.0390. The molecule has 0 bridgehead atoms. The van der Waals surface area contributed by atoms with Crippen molar-refractivity contribution in [2.75, 3.05) is 26.1 Å². The van der Waals surface area contributed by atoms with Gasteiger partial charge in [-0.05, 0) is 55.5 Å². The van der Waals surface area contributed by atoms with E-state index < -0.39 is 11.8 Å². The van der Waals surface area contributed by atoms with E-state index >= 15 is 0 Å². The van der Waals surface area contributed by atoms with Gasteiger partial charge in [0.2, 0.25) is 0 Å². The summed E-state index contributed by atoms with van der Waals surface area (Å²) in [6, 6.07) is 10.5. The van der Waals surface area contributed by atoms with Gasteiger partial charge in [-0.1, -0.05) is 23.7 Å². The lowest BCUT2D eigenvalue weighted by molar-refractivity contribution is -0.118. The second kappa shape index (κ2) is 10.9. The number of benzene rings is 2. The molecule has 2 N–H and O–H groups in total. The van der Waals surface area contributed by atoms with Gasteiger partial charge in [0.15, 0.2) is 29.7 Å². The second-order valence-corrected chi connectivity index (χ2v) is 9.87. The number of methoxy groups -OCH3 is 2. The Hall–Kier alpha value is -3.78. The van der Waals surface area contributed by atoms with E-state index in [0.717, 1.165) is 37.1 Å². The lowest BCUT2D eigenvalue weighted by atomic mass is 9.71. The van der Waals surface area contributed by atoms with Crippen LogP contribution in [0.15, 0.2) is 58.9 Å². The maximum absolute atomic E-state index is 13.1. The van der Waals surface area contributed by atoms with E-state index in [1.165, 1.54) is 14.2 Å². The Labute approximate surface area is 226 Å². The van der Waals surface area contributed by atoms with Gasteiger partial charge >= 0.3 is 0 Å². The fraction of sp³-hybridized carbons (Fsp3) is 0.345. The summed E-state index contributed by atoms with van der Waals surface area (Å²) in [6.07, 6.45) is 3.97. The summed E-state index contributed by atoms with van der Waals surface area (Å²) in [5, 5.41) is 6.39. The molecule has 0 saturated heterocycles. The minimum atomic E-state index is -0.517. The van der Waals surface area contributed by atoms with Crippen LogP contribution in [0.2, 0.25) is 5.02 Å². The number of dihydropyridines is 1. The standard InChI is InChI=1S/C29H29ClN2O6/c1-36-23-12-4-3-7-18(23)32-25(35)15-38-29-17(30)13-16(14-24(29)37-2)26-27-19(8-5-10-21(27)33)31-20-9-6-11-22(34)28(20)26/h3-4,7,12-14,26,31H,5-6,8-11,15H2,1-2H3,(H,32,35). The Balaban J connectivity index is 1.45. The predicted octanol–water partition coefficient (Wildman–Crippen LogP) is 5.08. The van der Waals surface area contributed by atoms with Gasteiger partial charge < -0.3 is 24.8 Å². The Kier molecular flexibility index (Phi) is 7.42. The van der Waals surface area contributed by atoms with Gasteiger partial charge in [0.05, 0.1) is 24.9 Å². The zero-order valence-corrected chi connectivity index (χ0v) is 22.1. The molecule has 1 amide bonds. The molecular formula is C29H29ClN2O6. The van der Waals surface area contributed by atoms with E-state index in [1.807, 2.05) is 0 Å². The molecule has 0 unspecified atom stereocenters. The molecule has 2 aromatic carbocycles. The summed E-state index contributed by atoms with van der Waals surface area (Å²) in [6.45, 7) is -0.317. The molecule has 0 radical (unpaired) electrons. The van der Waals surface area contributed by atoms with E-state index in [-0.39, 0.29) is 28.9 Å². The number of rotatable bonds is 7. The van der Waals surface area contributed by atoms with E-state index in [9.17, 15) is 14.4 Å². The Morgan fingerprint density at radius 2 is 1.58 bits per heavy atom. The molecule has 2 aliphatic carbocycles. The van der Waals surface area contributed by atoms with Crippen LogP contribution in [0.25, 0.3) is 0 Å². The monoisotopic (exact) mass is 536 g/mol. The normalized spacial score (nSPS) is 17.4. The first-order valence-corrected chi connectivity index (χ1v) is 13.0. The molecular weight excluding hydrogens is 508 g/mol. The molecule has 2 aromatic rings. The number of halogens is 1. The maximum Gasteiger partial charge on any atom is 0.262 e. The van der Waals surface area contributed by atoms with E-state index in [2.05, 4.69) is 10.6 Å². The third kappa shape index (κ3) is 4.88. The number of carbonyl (C=O) groups is 3. The van der Waals surface area contributed by atoms with Crippen LogP contribution >= 0.6 is 11.6 Å². The molecule has 9 heteroatoms. The molecule has 1 aliphatic heterocycles. The third-order valence-electron chi connectivity index (χ3n) is 7.11. The van der Waals surface area contributed by atoms with E-state index in [4.69, 9.17) is 25.8 Å². The first-order chi connectivity index (χ1) is 18.4. The summed E-state index contributed by atoms with van der Waals surface area (Å²) in [4.78, 5) is 38.8. The van der Waals surface area contributed by atoms with Crippen LogP contribution in [0.5, 0.6) is 17.2 Å². The van der Waals surface area contributed by atoms with Gasteiger partial charge in [0.1, 0.15) is 5.75 Å². The molecule has 0 spiro atoms. The molecule has 5 rings (SSSR count). The molecule has 0 fully saturated rings. The Bertz CT molecular complexity index is 1340. The summed E-state index contributed by atoms with van der Waals surface area (Å²) in [7, 11) is 3.00. The number of anilines is 1. The molecule has 38 heavy (non-hydrogen) atoms. The summed E-state index contributed by atoms with van der Waals surface area (Å²) in [5.74, 6) is 0.201. The number of para-hydroxylation sites is 2. The summed E-state index contributed by atoms with van der Waals surface area (Å²) >= 11 is 6.67. The van der Waals surface area contributed by atoms with Crippen molar-refractivity contribution in [2.24, 2.45) is 0 Å². The summed E-state index contributed by atoms with van der Waals surface area (Å²) < 4.78 is 16.6. The molecule has 198 valence electrons. The van der Waals surface area contributed by atoms with Crippen molar-refractivity contribution in [2.45, 2.75) is 44.4 Å². The van der Waals surface area contributed by atoms with Crippen molar-refractivity contribution in [3.05, 3.63) is 69.5 Å². The molecule has 0 atom stereocenters. The average Bonchev–Trinajstić information content (AvgIpc) is 2.91. The number of allylic oxidation sites excluding steroid dienone is 4. The van der Waals surface area contributed by atoms with Crippen LogP contribution < -0.4 is 24.8 Å². The maximum atomic E-state index is 13.1. The molecule has 0 saturated carbocycles. The fourth-order valence-corrected chi connectivity index (χ4v) is 5.71. The second-order valence-electron chi connectivity index (χ2n) is 9.47. The van der Waals surface area contributed by atoms with Gasteiger partial charge in [0, 0.05) is 41.3 Å². The number of carbonyl (C=O) groups excluding carboxylic acids is 3. The van der Waals surface area contributed by atoms with Gasteiger partial charge in [-0.3, -0.25) is 14.4 Å². The smallest absolute Gasteiger partial charge is 0.262 e. The number of amides is 1. The highest BCUT2D eigenvalue weighted by molar-refractivity contribution is 6.32. The van der Waals surface area contributed by atoms with Crippen molar-refractivity contribution in [3.63, 3.8) is 0 Å². The van der Waals surface area contributed by atoms with Crippen molar-refractivity contribution >= 4 is 34.8 Å². The number of ether oxygens (including phenoxy) is 3. The van der Waals surface area contributed by atoms with Crippen LogP contribution in [-0.4, -0.2) is 38.3 Å². The van der Waals surface area contributed by atoms with E-state index in [1.54, 1.807) is 36.4 Å². The highest BCUT2D eigenvalue weighted by Crippen LogP contribution is 2.48. The highest BCUT2D eigenvalue weighted by atomic mass is 35.5. The van der Waals surface area contributed by atoms with Crippen molar-refractivity contribution < 1.29 is 28.6 Å². The highest BCUT2D eigenvalue weighted by Gasteiger charge is 2.40. The molecule has 0 aromatic heterocycles. The topological polar surface area (TPSA) is 103 Å². The lowest BCUT2D eigenvalue weighted by Crippen LogP contribution is -2.36. The van der Waals surface area contributed by atoms with Gasteiger partial charge in [0.25, 0.3) is 5.91 Å². The van der Waals surface area contributed by atoms with Crippen LogP contribution in [0.1, 0.15) is 50.0 Å². The van der Waals surface area contributed by atoms with Crippen molar-refractivity contribution in [1.82, 2.24) is 5.32 Å². The quantitative estimate of drug-likeness (QED) is 0.509. The average molecular weight is 537 g/mol. The van der Waals surface area contributed by atoms with Crippen molar-refractivity contribution in [1.29, 1.82) is 0 Å². The van der Waals surface area contributed by atoms with Gasteiger partial charge in [-0.2, -0.15) is 0 Å². The molecule has 8 nitrogen and oxygen atoms in total. The SMILES string of the molecule is COc1ccccc1NC(=O)COc1c(Cl)cc(C2C3=C(CCCC3=O)NC3=C2C(=O)CCC3)cc1OC. The number of nitrogens with one attached hydrogen (secondary N) is 2. The third-order valence-corrected chi connectivity index (χ3v) is 7.39. The zero-order valence-electron chi connectivity index (χ0n) is 21.3. The zero-order chi connectivity index (χ0) is 26.8.